The third kappa shape index (κ3) is 2.13. The Bertz CT molecular complexity index is 518. The first-order chi connectivity index (χ1) is 7.20. The summed E-state index contributed by atoms with van der Waals surface area (Å²) in [6.45, 7) is 1.93. The Balaban J connectivity index is 2.52. The number of halogens is 1. The van der Waals surface area contributed by atoms with Crippen LogP contribution in [0.1, 0.15) is 11.8 Å². The lowest BCUT2D eigenvalue weighted by Gasteiger charge is -1.92. The van der Waals surface area contributed by atoms with Gasteiger partial charge in [-0.2, -0.15) is 0 Å². The average molecular weight is 240 g/mol. The van der Waals surface area contributed by atoms with Crippen LogP contribution in [-0.4, -0.2) is 12.8 Å². The van der Waals surface area contributed by atoms with Crippen molar-refractivity contribution >= 4 is 38.7 Å². The van der Waals surface area contributed by atoms with Gasteiger partial charge in [-0.25, -0.2) is 0 Å². The molecule has 0 atom stereocenters. The maximum Gasteiger partial charge on any atom is 0.106 e. The molecule has 0 bridgehead atoms. The highest BCUT2D eigenvalue weighted by molar-refractivity contribution is 7.20. The molecule has 1 aromatic heterocycles. The highest BCUT2D eigenvalue weighted by Gasteiger charge is 2.05. The van der Waals surface area contributed by atoms with E-state index in [2.05, 4.69) is 11.2 Å². The van der Waals surface area contributed by atoms with Crippen LogP contribution >= 0.6 is 22.9 Å². The van der Waals surface area contributed by atoms with Crippen molar-refractivity contribution in [2.75, 3.05) is 7.11 Å². The van der Waals surface area contributed by atoms with Crippen LogP contribution in [0.5, 0.6) is 0 Å². The molecule has 0 N–H and O–H groups in total. The molecule has 2 aromatic rings. The van der Waals surface area contributed by atoms with Crippen LogP contribution in [0, 0.1) is 0 Å². The minimum atomic E-state index is 0.761. The number of benzene rings is 1. The lowest BCUT2D eigenvalue weighted by atomic mass is 10.2. The molecule has 0 saturated heterocycles. The summed E-state index contributed by atoms with van der Waals surface area (Å²) in [6, 6.07) is 7.96. The van der Waals surface area contributed by atoms with Crippen molar-refractivity contribution in [1.82, 2.24) is 0 Å². The second kappa shape index (κ2) is 4.21. The SMILES string of the molecule is CON=C(C)c1cc2ccc(Cl)cc2s1. The van der Waals surface area contributed by atoms with Gasteiger partial charge in [-0.1, -0.05) is 22.8 Å². The van der Waals surface area contributed by atoms with Crippen molar-refractivity contribution in [3.05, 3.63) is 34.2 Å². The fourth-order valence-electron chi connectivity index (χ4n) is 1.37. The Morgan fingerprint density at radius 2 is 2.20 bits per heavy atom. The maximum absolute atomic E-state index is 5.92. The predicted molar refractivity (Wildman–Crippen MR) is 66.1 cm³/mol. The lowest BCUT2D eigenvalue weighted by Crippen LogP contribution is -1.89. The van der Waals surface area contributed by atoms with E-state index in [0.29, 0.717) is 0 Å². The second-order valence-electron chi connectivity index (χ2n) is 3.15. The van der Waals surface area contributed by atoms with Gasteiger partial charge in [0.05, 0.1) is 10.6 Å². The van der Waals surface area contributed by atoms with Gasteiger partial charge < -0.3 is 4.84 Å². The summed E-state index contributed by atoms with van der Waals surface area (Å²) < 4.78 is 1.17. The Labute approximate surface area is 97.1 Å². The highest BCUT2D eigenvalue weighted by atomic mass is 35.5. The smallest absolute Gasteiger partial charge is 0.106 e. The van der Waals surface area contributed by atoms with Gasteiger partial charge >= 0.3 is 0 Å². The van der Waals surface area contributed by atoms with Crippen LogP contribution in [-0.2, 0) is 4.84 Å². The molecule has 15 heavy (non-hydrogen) atoms. The minimum Gasteiger partial charge on any atom is -0.399 e. The van der Waals surface area contributed by atoms with Crippen LogP contribution in [0.25, 0.3) is 10.1 Å². The summed E-state index contributed by atoms with van der Waals surface area (Å²) >= 11 is 7.58. The quantitative estimate of drug-likeness (QED) is 0.575. The summed E-state index contributed by atoms with van der Waals surface area (Å²) in [6.07, 6.45) is 0. The predicted octanol–water partition coefficient (Wildman–Crippen LogP) is 3.93. The lowest BCUT2D eigenvalue weighted by molar-refractivity contribution is 0.213. The fourth-order valence-corrected chi connectivity index (χ4v) is 2.64. The van der Waals surface area contributed by atoms with Gasteiger partial charge in [0.15, 0.2) is 0 Å². The zero-order chi connectivity index (χ0) is 10.8. The first kappa shape index (κ1) is 10.5. The molecular weight excluding hydrogens is 230 g/mol. The molecular formula is C11H10ClNOS. The largest absolute Gasteiger partial charge is 0.399 e. The van der Waals surface area contributed by atoms with Crippen LogP contribution < -0.4 is 0 Å². The summed E-state index contributed by atoms with van der Waals surface area (Å²) in [7, 11) is 1.55. The fraction of sp³-hybridized carbons (Fsp3) is 0.182. The molecule has 0 aliphatic rings. The number of hydrogen-bond acceptors (Lipinski definition) is 3. The van der Waals surface area contributed by atoms with E-state index in [0.717, 1.165) is 15.6 Å². The summed E-state index contributed by atoms with van der Waals surface area (Å²) in [5.74, 6) is 0. The molecule has 0 fully saturated rings. The summed E-state index contributed by atoms with van der Waals surface area (Å²) in [5.41, 5.74) is 0.884. The van der Waals surface area contributed by atoms with Gasteiger partial charge in [-0.15, -0.1) is 11.3 Å². The van der Waals surface area contributed by atoms with E-state index in [1.54, 1.807) is 18.4 Å². The number of oxime groups is 1. The Hall–Kier alpha value is -1.06. The van der Waals surface area contributed by atoms with Gasteiger partial charge in [0.25, 0.3) is 0 Å². The van der Waals surface area contributed by atoms with Crippen molar-refractivity contribution in [1.29, 1.82) is 0 Å². The van der Waals surface area contributed by atoms with Crippen molar-refractivity contribution in [3.8, 4) is 0 Å². The molecule has 1 heterocycles. The normalized spacial score (nSPS) is 12.1. The number of nitrogens with zero attached hydrogens (tertiary/aromatic N) is 1. The van der Waals surface area contributed by atoms with E-state index in [1.807, 2.05) is 25.1 Å². The molecule has 78 valence electrons. The monoisotopic (exact) mass is 239 g/mol. The minimum absolute atomic E-state index is 0.761. The van der Waals surface area contributed by atoms with Gasteiger partial charge in [0.1, 0.15) is 7.11 Å². The molecule has 0 aliphatic heterocycles. The van der Waals surface area contributed by atoms with Crippen molar-refractivity contribution in [2.45, 2.75) is 6.92 Å². The van der Waals surface area contributed by atoms with E-state index < -0.39 is 0 Å². The van der Waals surface area contributed by atoms with E-state index in [1.165, 1.54) is 10.1 Å². The van der Waals surface area contributed by atoms with Gasteiger partial charge in [0, 0.05) is 9.72 Å². The molecule has 0 radical (unpaired) electrons. The number of thiophene rings is 1. The zero-order valence-electron chi connectivity index (χ0n) is 8.45. The van der Waals surface area contributed by atoms with E-state index >= 15 is 0 Å². The third-order valence-electron chi connectivity index (χ3n) is 2.07. The van der Waals surface area contributed by atoms with Crippen molar-refractivity contribution in [3.63, 3.8) is 0 Å². The second-order valence-corrected chi connectivity index (χ2v) is 4.67. The van der Waals surface area contributed by atoms with Crippen LogP contribution in [0.4, 0.5) is 0 Å². The molecule has 0 aliphatic carbocycles. The van der Waals surface area contributed by atoms with Crippen molar-refractivity contribution < 1.29 is 4.84 Å². The van der Waals surface area contributed by atoms with Crippen LogP contribution in [0.15, 0.2) is 29.4 Å². The molecule has 4 heteroatoms. The number of hydrogen-bond donors (Lipinski definition) is 0. The summed E-state index contributed by atoms with van der Waals surface area (Å²) in [4.78, 5) is 5.85. The zero-order valence-corrected chi connectivity index (χ0v) is 10.0. The van der Waals surface area contributed by atoms with E-state index in [9.17, 15) is 0 Å². The van der Waals surface area contributed by atoms with Gasteiger partial charge in [-0.05, 0) is 30.5 Å². The van der Waals surface area contributed by atoms with Crippen molar-refractivity contribution in [2.24, 2.45) is 5.16 Å². The first-order valence-electron chi connectivity index (χ1n) is 4.48. The molecule has 0 spiro atoms. The average Bonchev–Trinajstić information content (AvgIpc) is 2.60. The Morgan fingerprint density at radius 1 is 1.40 bits per heavy atom. The number of rotatable bonds is 2. The Kier molecular flexibility index (Phi) is 2.93. The number of fused-ring (bicyclic) bond motifs is 1. The standard InChI is InChI=1S/C11H10ClNOS/c1-7(13-14-2)10-5-8-3-4-9(12)6-11(8)15-10/h3-6H,1-2H3. The highest BCUT2D eigenvalue weighted by Crippen LogP contribution is 2.28. The van der Waals surface area contributed by atoms with Gasteiger partial charge in [0.2, 0.25) is 0 Å². The molecule has 0 unspecified atom stereocenters. The molecule has 0 amide bonds. The molecule has 1 aromatic carbocycles. The first-order valence-corrected chi connectivity index (χ1v) is 5.67. The van der Waals surface area contributed by atoms with E-state index in [4.69, 9.17) is 16.4 Å². The summed E-state index contributed by atoms with van der Waals surface area (Å²) in [5, 5.41) is 5.85. The molecule has 0 saturated carbocycles. The van der Waals surface area contributed by atoms with E-state index in [-0.39, 0.29) is 0 Å². The molecule has 2 rings (SSSR count). The van der Waals surface area contributed by atoms with Crippen LogP contribution in [0.3, 0.4) is 0 Å². The Morgan fingerprint density at radius 3 is 2.93 bits per heavy atom. The third-order valence-corrected chi connectivity index (χ3v) is 3.51. The molecule has 2 nitrogen and oxygen atoms in total. The van der Waals surface area contributed by atoms with Crippen LogP contribution in [0.2, 0.25) is 5.02 Å². The van der Waals surface area contributed by atoms with Gasteiger partial charge in [-0.3, -0.25) is 0 Å². The maximum atomic E-state index is 5.92. The topological polar surface area (TPSA) is 21.6 Å².